The van der Waals surface area contributed by atoms with Crippen LogP contribution in [0.1, 0.15) is 38.8 Å². The van der Waals surface area contributed by atoms with Crippen molar-refractivity contribution in [2.75, 3.05) is 0 Å². The second kappa shape index (κ2) is 7.12. The summed E-state index contributed by atoms with van der Waals surface area (Å²) in [6.07, 6.45) is 4.72. The molecule has 140 valence electrons. The van der Waals surface area contributed by atoms with Crippen LogP contribution in [-0.4, -0.2) is 19.6 Å². The van der Waals surface area contributed by atoms with Crippen molar-refractivity contribution in [2.45, 2.75) is 38.8 Å². The Morgan fingerprint density at radius 2 is 1.36 bits per heavy atom. The second-order valence-electron chi connectivity index (χ2n) is 7.40. The summed E-state index contributed by atoms with van der Waals surface area (Å²) >= 11 is 0. The molecule has 2 aromatic heterocycles. The molecule has 0 N–H and O–H groups in total. The van der Waals surface area contributed by atoms with Gasteiger partial charge in [0.25, 0.3) is 0 Å². The summed E-state index contributed by atoms with van der Waals surface area (Å²) in [5.41, 5.74) is 4.55. The molecule has 0 bridgehead atoms. The van der Waals surface area contributed by atoms with Crippen LogP contribution in [0.25, 0.3) is 32.8 Å². The summed E-state index contributed by atoms with van der Waals surface area (Å²) in [6, 6.07) is 25.6. The molecular formula is C24H24N4. The lowest BCUT2D eigenvalue weighted by atomic mass is 10.1. The number of benzene rings is 3. The Balaban J connectivity index is 1.78. The molecule has 1 atom stereocenters. The Hall–Kier alpha value is -3.14. The van der Waals surface area contributed by atoms with Gasteiger partial charge in [-0.2, -0.15) is 0 Å². The third-order valence-corrected chi connectivity index (χ3v) is 5.64. The highest BCUT2D eigenvalue weighted by atomic mass is 15.5. The number of nitrogens with zero attached hydrogens (tertiary/aromatic N) is 4. The van der Waals surface area contributed by atoms with Crippen molar-refractivity contribution < 1.29 is 0 Å². The first-order valence-corrected chi connectivity index (χ1v) is 10.2. The van der Waals surface area contributed by atoms with Gasteiger partial charge in [0.1, 0.15) is 11.7 Å². The number of rotatable bonds is 6. The molecule has 5 rings (SSSR count). The molecule has 3 aromatic carbocycles. The highest BCUT2D eigenvalue weighted by Crippen LogP contribution is 2.34. The van der Waals surface area contributed by atoms with E-state index in [4.69, 9.17) is 0 Å². The molecule has 0 radical (unpaired) electrons. The minimum absolute atomic E-state index is 0.101. The maximum Gasteiger partial charge on any atom is 0.129 e. The smallest absolute Gasteiger partial charge is 0.129 e. The average molecular weight is 368 g/mol. The number of fused-ring (bicyclic) bond motifs is 4. The van der Waals surface area contributed by atoms with Crippen LogP contribution in [0.2, 0.25) is 0 Å². The zero-order valence-corrected chi connectivity index (χ0v) is 16.1. The summed E-state index contributed by atoms with van der Waals surface area (Å²) in [7, 11) is 0. The maximum absolute atomic E-state index is 4.59. The van der Waals surface area contributed by atoms with E-state index in [1.165, 1.54) is 34.6 Å². The van der Waals surface area contributed by atoms with Gasteiger partial charge >= 0.3 is 0 Å². The van der Waals surface area contributed by atoms with Crippen LogP contribution in [-0.2, 0) is 0 Å². The van der Waals surface area contributed by atoms with Crippen LogP contribution < -0.4 is 0 Å². The fourth-order valence-electron chi connectivity index (χ4n) is 4.32. The van der Waals surface area contributed by atoms with Gasteiger partial charge in [-0.3, -0.25) is 0 Å². The zero-order chi connectivity index (χ0) is 18.9. The second-order valence-corrected chi connectivity index (χ2v) is 7.40. The molecule has 0 spiro atoms. The average Bonchev–Trinajstić information content (AvgIpc) is 3.31. The monoisotopic (exact) mass is 368 g/mol. The van der Waals surface area contributed by atoms with Crippen molar-refractivity contribution in [1.29, 1.82) is 0 Å². The molecule has 5 aromatic rings. The lowest BCUT2D eigenvalue weighted by molar-refractivity contribution is 0.373. The molecule has 4 nitrogen and oxygen atoms in total. The summed E-state index contributed by atoms with van der Waals surface area (Å²) in [5.74, 6) is 0. The lowest BCUT2D eigenvalue weighted by Gasteiger charge is -2.22. The van der Waals surface area contributed by atoms with Gasteiger partial charge < -0.3 is 4.57 Å². The molecule has 0 saturated carbocycles. The Kier molecular flexibility index (Phi) is 4.32. The molecule has 0 aliphatic carbocycles. The Labute approximate surface area is 164 Å². The third-order valence-electron chi connectivity index (χ3n) is 5.64. The van der Waals surface area contributed by atoms with E-state index in [-0.39, 0.29) is 6.17 Å². The predicted molar refractivity (Wildman–Crippen MR) is 116 cm³/mol. The fraction of sp³-hybridized carbons (Fsp3) is 0.250. The first-order valence-electron chi connectivity index (χ1n) is 10.2. The van der Waals surface area contributed by atoms with Crippen LogP contribution in [0.5, 0.6) is 0 Å². The molecule has 0 aliphatic rings. The van der Waals surface area contributed by atoms with Gasteiger partial charge in [0.15, 0.2) is 0 Å². The largest absolute Gasteiger partial charge is 0.317 e. The van der Waals surface area contributed by atoms with Gasteiger partial charge in [0.2, 0.25) is 0 Å². The minimum atomic E-state index is 0.101. The highest BCUT2D eigenvalue weighted by Gasteiger charge is 2.22. The SMILES string of the molecule is CCCCCC(n1nnc2ccccc21)n1c2ccccc2c2ccccc21. The van der Waals surface area contributed by atoms with E-state index in [9.17, 15) is 0 Å². The van der Waals surface area contributed by atoms with E-state index in [0.29, 0.717) is 0 Å². The van der Waals surface area contributed by atoms with Gasteiger partial charge in [-0.25, -0.2) is 4.68 Å². The van der Waals surface area contributed by atoms with E-state index < -0.39 is 0 Å². The van der Waals surface area contributed by atoms with E-state index in [1.54, 1.807) is 0 Å². The van der Waals surface area contributed by atoms with Crippen LogP contribution >= 0.6 is 0 Å². The topological polar surface area (TPSA) is 35.6 Å². The molecule has 0 fully saturated rings. The number of unbranched alkanes of at least 4 members (excludes halogenated alkanes) is 2. The molecule has 1 unspecified atom stereocenters. The normalized spacial score (nSPS) is 12.9. The Morgan fingerprint density at radius 1 is 0.750 bits per heavy atom. The maximum atomic E-state index is 4.59. The molecule has 0 aliphatic heterocycles. The number of hydrogen-bond donors (Lipinski definition) is 0. The van der Waals surface area contributed by atoms with Gasteiger partial charge in [-0.15, -0.1) is 5.10 Å². The minimum Gasteiger partial charge on any atom is -0.317 e. The predicted octanol–water partition coefficient (Wildman–Crippen LogP) is 6.17. The van der Waals surface area contributed by atoms with Crippen LogP contribution in [0.4, 0.5) is 0 Å². The standard InChI is InChI=1S/C24H24N4/c1-2-3-4-17-24(28-23-16-10-7-13-20(23)25-26-28)27-21-14-8-5-11-18(21)19-12-6-9-15-22(19)27/h5-16,24H,2-4,17H2,1H3. The Morgan fingerprint density at radius 3 is 2.04 bits per heavy atom. The van der Waals surface area contributed by atoms with E-state index in [1.807, 2.05) is 12.1 Å². The third kappa shape index (κ3) is 2.68. The van der Waals surface area contributed by atoms with Crippen molar-refractivity contribution in [3.8, 4) is 0 Å². The van der Waals surface area contributed by atoms with Gasteiger partial charge in [0, 0.05) is 10.8 Å². The van der Waals surface area contributed by atoms with Crippen molar-refractivity contribution in [2.24, 2.45) is 0 Å². The lowest BCUT2D eigenvalue weighted by Crippen LogP contribution is -2.19. The molecular weight excluding hydrogens is 344 g/mol. The quantitative estimate of drug-likeness (QED) is 0.336. The highest BCUT2D eigenvalue weighted by molar-refractivity contribution is 6.08. The summed E-state index contributed by atoms with van der Waals surface area (Å²) in [6.45, 7) is 2.25. The van der Waals surface area contributed by atoms with Crippen LogP contribution in [0.15, 0.2) is 72.8 Å². The first kappa shape index (κ1) is 17.0. The molecule has 0 amide bonds. The van der Waals surface area contributed by atoms with E-state index >= 15 is 0 Å². The van der Waals surface area contributed by atoms with Crippen molar-refractivity contribution in [1.82, 2.24) is 19.6 Å². The van der Waals surface area contributed by atoms with Crippen LogP contribution in [0, 0.1) is 0 Å². The first-order chi connectivity index (χ1) is 13.9. The zero-order valence-electron chi connectivity index (χ0n) is 16.1. The van der Waals surface area contributed by atoms with Gasteiger partial charge in [-0.1, -0.05) is 73.5 Å². The molecule has 0 saturated heterocycles. The number of aromatic nitrogens is 4. The molecule has 2 heterocycles. The Bertz CT molecular complexity index is 1190. The summed E-state index contributed by atoms with van der Waals surface area (Å²) in [5, 5.41) is 11.6. The molecule has 28 heavy (non-hydrogen) atoms. The van der Waals surface area contributed by atoms with Gasteiger partial charge in [0.05, 0.1) is 16.6 Å². The van der Waals surface area contributed by atoms with Crippen molar-refractivity contribution in [3.63, 3.8) is 0 Å². The van der Waals surface area contributed by atoms with Crippen LogP contribution in [0.3, 0.4) is 0 Å². The van der Waals surface area contributed by atoms with Gasteiger partial charge in [-0.05, 0) is 37.1 Å². The number of para-hydroxylation sites is 3. The van der Waals surface area contributed by atoms with E-state index in [2.05, 4.69) is 87.1 Å². The van der Waals surface area contributed by atoms with Crippen molar-refractivity contribution in [3.05, 3.63) is 72.8 Å². The summed E-state index contributed by atoms with van der Waals surface area (Å²) in [4.78, 5) is 0. The fourth-order valence-corrected chi connectivity index (χ4v) is 4.32. The molecule has 4 heteroatoms. The van der Waals surface area contributed by atoms with E-state index in [0.717, 1.165) is 23.9 Å². The van der Waals surface area contributed by atoms with Crippen molar-refractivity contribution >= 4 is 32.8 Å². The summed E-state index contributed by atoms with van der Waals surface area (Å²) < 4.78 is 4.57. The number of hydrogen-bond acceptors (Lipinski definition) is 2.